The molecule has 0 spiro atoms. The average Bonchev–Trinajstić information content (AvgIpc) is 3.19. The molecule has 0 atom stereocenters. The van der Waals surface area contributed by atoms with E-state index in [1.54, 1.807) is 12.3 Å². The molecule has 1 amide bonds. The first-order valence-corrected chi connectivity index (χ1v) is 8.85. The number of amides is 1. The maximum atomic E-state index is 12.3. The van der Waals surface area contributed by atoms with Crippen LogP contribution in [0.4, 0.5) is 0 Å². The SMILES string of the molecule is Cc1cc(C)cc(OCCNC(=O)c2nc(-c3ccco3)sc2C)c1. The van der Waals surface area contributed by atoms with E-state index < -0.39 is 0 Å². The van der Waals surface area contributed by atoms with Gasteiger partial charge in [0.1, 0.15) is 18.1 Å². The van der Waals surface area contributed by atoms with E-state index in [4.69, 9.17) is 9.15 Å². The molecule has 3 rings (SSSR count). The van der Waals surface area contributed by atoms with E-state index in [-0.39, 0.29) is 5.91 Å². The van der Waals surface area contributed by atoms with Crippen LogP contribution in [0.2, 0.25) is 0 Å². The highest BCUT2D eigenvalue weighted by Gasteiger charge is 2.17. The summed E-state index contributed by atoms with van der Waals surface area (Å²) in [4.78, 5) is 17.6. The van der Waals surface area contributed by atoms with Crippen molar-refractivity contribution < 1.29 is 13.9 Å². The van der Waals surface area contributed by atoms with Gasteiger partial charge in [-0.3, -0.25) is 4.79 Å². The van der Waals surface area contributed by atoms with Crippen molar-refractivity contribution in [3.63, 3.8) is 0 Å². The smallest absolute Gasteiger partial charge is 0.271 e. The molecule has 2 heterocycles. The Balaban J connectivity index is 1.54. The summed E-state index contributed by atoms with van der Waals surface area (Å²) < 4.78 is 11.0. The zero-order valence-electron chi connectivity index (χ0n) is 14.5. The molecular formula is C19H20N2O3S. The Kier molecular flexibility index (Phi) is 5.19. The monoisotopic (exact) mass is 356 g/mol. The maximum absolute atomic E-state index is 12.3. The number of carbonyl (C=O) groups is 1. The van der Waals surface area contributed by atoms with Crippen LogP contribution in [0.1, 0.15) is 26.5 Å². The predicted octanol–water partition coefficient (Wildman–Crippen LogP) is 4.14. The Morgan fingerprint density at radius 3 is 2.68 bits per heavy atom. The molecule has 0 unspecified atom stereocenters. The summed E-state index contributed by atoms with van der Waals surface area (Å²) in [5, 5.41) is 3.56. The lowest BCUT2D eigenvalue weighted by Gasteiger charge is -2.09. The van der Waals surface area contributed by atoms with Gasteiger partial charge in [0, 0.05) is 4.88 Å². The fourth-order valence-corrected chi connectivity index (χ4v) is 3.42. The predicted molar refractivity (Wildman–Crippen MR) is 98.3 cm³/mol. The number of benzene rings is 1. The molecule has 0 radical (unpaired) electrons. The number of nitrogens with one attached hydrogen (secondary N) is 1. The lowest BCUT2D eigenvalue weighted by atomic mass is 10.1. The van der Waals surface area contributed by atoms with Crippen molar-refractivity contribution in [2.75, 3.05) is 13.2 Å². The minimum atomic E-state index is -0.199. The van der Waals surface area contributed by atoms with E-state index in [0.717, 1.165) is 21.8 Å². The fourth-order valence-electron chi connectivity index (χ4n) is 2.55. The zero-order valence-corrected chi connectivity index (χ0v) is 15.3. The molecule has 3 aromatic rings. The van der Waals surface area contributed by atoms with Crippen LogP contribution in [0.5, 0.6) is 5.75 Å². The van der Waals surface area contributed by atoms with Crippen LogP contribution in [0.15, 0.2) is 41.0 Å². The van der Waals surface area contributed by atoms with Crippen LogP contribution in [0.25, 0.3) is 10.8 Å². The molecule has 25 heavy (non-hydrogen) atoms. The van der Waals surface area contributed by atoms with Gasteiger partial charge >= 0.3 is 0 Å². The van der Waals surface area contributed by atoms with Gasteiger partial charge < -0.3 is 14.5 Å². The lowest BCUT2D eigenvalue weighted by Crippen LogP contribution is -2.28. The fraction of sp³-hybridized carbons (Fsp3) is 0.263. The molecule has 0 bridgehead atoms. The average molecular weight is 356 g/mol. The maximum Gasteiger partial charge on any atom is 0.271 e. The summed E-state index contributed by atoms with van der Waals surface area (Å²) in [6.07, 6.45) is 1.59. The van der Waals surface area contributed by atoms with E-state index >= 15 is 0 Å². The summed E-state index contributed by atoms with van der Waals surface area (Å²) in [7, 11) is 0. The number of hydrogen-bond donors (Lipinski definition) is 1. The number of aryl methyl sites for hydroxylation is 3. The van der Waals surface area contributed by atoms with Gasteiger partial charge in [-0.1, -0.05) is 6.07 Å². The normalized spacial score (nSPS) is 10.7. The summed E-state index contributed by atoms with van der Waals surface area (Å²) in [5.41, 5.74) is 2.74. The third-order valence-corrected chi connectivity index (χ3v) is 4.58. The number of hydrogen-bond acceptors (Lipinski definition) is 5. The Labute approximate surface area is 150 Å². The third kappa shape index (κ3) is 4.28. The Morgan fingerprint density at radius 2 is 2.00 bits per heavy atom. The largest absolute Gasteiger partial charge is 0.492 e. The zero-order chi connectivity index (χ0) is 17.8. The minimum absolute atomic E-state index is 0.199. The van der Waals surface area contributed by atoms with E-state index in [1.165, 1.54) is 11.3 Å². The topological polar surface area (TPSA) is 64.4 Å². The van der Waals surface area contributed by atoms with Crippen molar-refractivity contribution in [3.8, 4) is 16.5 Å². The molecule has 0 aliphatic heterocycles. The van der Waals surface area contributed by atoms with Crippen LogP contribution in [-0.4, -0.2) is 24.0 Å². The first kappa shape index (κ1) is 17.2. The van der Waals surface area contributed by atoms with Gasteiger partial charge in [-0.2, -0.15) is 0 Å². The summed E-state index contributed by atoms with van der Waals surface area (Å²) >= 11 is 1.44. The second-order valence-electron chi connectivity index (χ2n) is 5.83. The molecule has 6 heteroatoms. The first-order valence-electron chi connectivity index (χ1n) is 8.03. The van der Waals surface area contributed by atoms with Gasteiger partial charge in [-0.25, -0.2) is 4.98 Å². The standard InChI is InChI=1S/C19H20N2O3S/c1-12-9-13(2)11-15(10-12)23-8-6-20-18(22)17-14(3)25-19(21-17)16-5-4-7-24-16/h4-5,7,9-11H,6,8H2,1-3H3,(H,20,22). The van der Waals surface area contributed by atoms with Crippen molar-refractivity contribution >= 4 is 17.2 Å². The molecule has 0 saturated carbocycles. The quantitative estimate of drug-likeness (QED) is 0.674. The summed E-state index contributed by atoms with van der Waals surface area (Å²) in [6, 6.07) is 9.69. The Morgan fingerprint density at radius 1 is 1.24 bits per heavy atom. The molecule has 0 saturated heterocycles. The van der Waals surface area contributed by atoms with E-state index in [0.29, 0.717) is 29.6 Å². The number of thiazole rings is 1. The number of aromatic nitrogens is 1. The molecule has 1 N–H and O–H groups in total. The first-order chi connectivity index (χ1) is 12.0. The highest BCUT2D eigenvalue weighted by Crippen LogP contribution is 2.27. The van der Waals surface area contributed by atoms with Gasteiger partial charge in [-0.05, 0) is 56.2 Å². The number of nitrogens with zero attached hydrogens (tertiary/aromatic N) is 1. The van der Waals surface area contributed by atoms with Crippen LogP contribution < -0.4 is 10.1 Å². The van der Waals surface area contributed by atoms with E-state index in [9.17, 15) is 4.79 Å². The van der Waals surface area contributed by atoms with E-state index in [2.05, 4.69) is 16.4 Å². The second-order valence-corrected chi connectivity index (χ2v) is 7.03. The number of furan rings is 1. The Hall–Kier alpha value is -2.60. The van der Waals surface area contributed by atoms with Crippen LogP contribution in [-0.2, 0) is 0 Å². The van der Waals surface area contributed by atoms with Gasteiger partial charge in [-0.15, -0.1) is 11.3 Å². The molecule has 0 aliphatic carbocycles. The minimum Gasteiger partial charge on any atom is -0.492 e. The van der Waals surface area contributed by atoms with Crippen molar-refractivity contribution in [1.29, 1.82) is 0 Å². The number of ether oxygens (including phenoxy) is 1. The van der Waals surface area contributed by atoms with Crippen LogP contribution in [0, 0.1) is 20.8 Å². The number of carbonyl (C=O) groups excluding carboxylic acids is 1. The van der Waals surface area contributed by atoms with Gasteiger partial charge in [0.05, 0.1) is 12.8 Å². The molecule has 2 aromatic heterocycles. The molecule has 1 aromatic carbocycles. The highest BCUT2D eigenvalue weighted by molar-refractivity contribution is 7.15. The van der Waals surface area contributed by atoms with Crippen molar-refractivity contribution in [1.82, 2.24) is 10.3 Å². The summed E-state index contributed by atoms with van der Waals surface area (Å²) in [6.45, 7) is 6.76. The van der Waals surface area contributed by atoms with Gasteiger partial charge in [0.15, 0.2) is 10.8 Å². The van der Waals surface area contributed by atoms with Gasteiger partial charge in [0.2, 0.25) is 0 Å². The van der Waals surface area contributed by atoms with Crippen LogP contribution >= 0.6 is 11.3 Å². The van der Waals surface area contributed by atoms with Crippen molar-refractivity contribution in [3.05, 3.63) is 58.3 Å². The van der Waals surface area contributed by atoms with Crippen molar-refractivity contribution in [2.45, 2.75) is 20.8 Å². The third-order valence-electron chi connectivity index (χ3n) is 3.60. The molecule has 130 valence electrons. The second kappa shape index (κ2) is 7.53. The molecule has 0 aliphatic rings. The molecule has 5 nitrogen and oxygen atoms in total. The molecular weight excluding hydrogens is 336 g/mol. The summed E-state index contributed by atoms with van der Waals surface area (Å²) in [5.74, 6) is 1.29. The van der Waals surface area contributed by atoms with Crippen LogP contribution in [0.3, 0.4) is 0 Å². The van der Waals surface area contributed by atoms with Crippen molar-refractivity contribution in [2.24, 2.45) is 0 Å². The number of rotatable bonds is 6. The lowest BCUT2D eigenvalue weighted by molar-refractivity contribution is 0.0942. The highest BCUT2D eigenvalue weighted by atomic mass is 32.1. The van der Waals surface area contributed by atoms with E-state index in [1.807, 2.05) is 39.0 Å². The molecule has 0 fully saturated rings. The van der Waals surface area contributed by atoms with Gasteiger partial charge in [0.25, 0.3) is 5.91 Å². The Bertz CT molecular complexity index is 849.